The second kappa shape index (κ2) is 9.51. The van der Waals surface area contributed by atoms with Crippen molar-refractivity contribution >= 4 is 28.6 Å². The summed E-state index contributed by atoms with van der Waals surface area (Å²) in [5.41, 5.74) is 2.36. The van der Waals surface area contributed by atoms with Crippen LogP contribution in [0.25, 0.3) is 22.3 Å². The molecule has 0 radical (unpaired) electrons. The van der Waals surface area contributed by atoms with Gasteiger partial charge >= 0.3 is 0 Å². The molecular weight excluding hydrogens is 548 g/mol. The van der Waals surface area contributed by atoms with Crippen molar-refractivity contribution in [2.24, 2.45) is 7.05 Å². The van der Waals surface area contributed by atoms with Crippen molar-refractivity contribution in [3.63, 3.8) is 0 Å². The molecular formula is C27H24ClF2N5O5. The van der Waals surface area contributed by atoms with E-state index < -0.39 is 41.5 Å². The number of hydrogen-bond donors (Lipinski definition) is 3. The number of rotatable bonds is 5. The number of imidazole rings is 1. The standard InChI is InChI=1S/C27H24ClF2N5O5/c1-35-8-13(6-16(30)26(35)37)12-4-11-2-3-17(21(11)15(29)5-12)31-24-14(28)7-18-25(33-24)34-27(32-18)40-20-10-39-22-19(36)9-38-23(20)22/h4-8,17,19-20,22-23,36H,2-3,9-10H2,1H3,(H2,31,32,33,34)/t17-,19+,20+,22+,23+/m0/s1. The molecule has 5 atom stereocenters. The lowest BCUT2D eigenvalue weighted by Crippen LogP contribution is -2.34. The summed E-state index contributed by atoms with van der Waals surface area (Å²) in [6, 6.07) is 5.78. The number of fused-ring (bicyclic) bond motifs is 3. The molecule has 0 bridgehead atoms. The van der Waals surface area contributed by atoms with Gasteiger partial charge in [-0.2, -0.15) is 4.98 Å². The van der Waals surface area contributed by atoms with Gasteiger partial charge in [0, 0.05) is 24.4 Å². The Balaban J connectivity index is 1.12. The molecule has 3 N–H and O–H groups in total. The molecule has 0 saturated carbocycles. The summed E-state index contributed by atoms with van der Waals surface area (Å²) < 4.78 is 47.7. The lowest BCUT2D eigenvalue weighted by atomic mass is 10.00. The van der Waals surface area contributed by atoms with Crippen LogP contribution >= 0.6 is 11.6 Å². The van der Waals surface area contributed by atoms with Gasteiger partial charge in [-0.25, -0.2) is 13.8 Å². The predicted octanol–water partition coefficient (Wildman–Crippen LogP) is 3.26. The molecule has 3 aliphatic rings. The first-order valence-electron chi connectivity index (χ1n) is 12.8. The van der Waals surface area contributed by atoms with E-state index >= 15 is 4.39 Å². The molecule has 5 heterocycles. The number of aromatic amines is 1. The number of aliphatic hydroxyl groups excluding tert-OH is 1. The first kappa shape index (κ1) is 25.4. The van der Waals surface area contributed by atoms with Crippen molar-refractivity contribution in [2.75, 3.05) is 18.5 Å². The number of nitrogens with zero attached hydrogens (tertiary/aromatic N) is 3. The highest BCUT2D eigenvalue weighted by Crippen LogP contribution is 2.40. The van der Waals surface area contributed by atoms with Gasteiger partial charge in [-0.1, -0.05) is 17.7 Å². The molecule has 0 amide bonds. The van der Waals surface area contributed by atoms with Crippen LogP contribution in [-0.4, -0.2) is 62.3 Å². The van der Waals surface area contributed by atoms with Crippen molar-refractivity contribution < 1.29 is 28.1 Å². The normalized spacial score (nSPS) is 25.4. The number of pyridine rings is 2. The monoisotopic (exact) mass is 571 g/mol. The van der Waals surface area contributed by atoms with Gasteiger partial charge in [0.15, 0.2) is 17.6 Å². The highest BCUT2D eigenvalue weighted by atomic mass is 35.5. The molecule has 2 fully saturated rings. The van der Waals surface area contributed by atoms with E-state index in [4.69, 9.17) is 25.8 Å². The fourth-order valence-electron chi connectivity index (χ4n) is 5.76. The smallest absolute Gasteiger partial charge is 0.296 e. The Hall–Kier alpha value is -3.58. The molecule has 10 nitrogen and oxygen atoms in total. The molecule has 2 aliphatic heterocycles. The molecule has 7 rings (SSSR count). The van der Waals surface area contributed by atoms with Crippen LogP contribution in [0.4, 0.5) is 14.6 Å². The third kappa shape index (κ3) is 4.22. The van der Waals surface area contributed by atoms with Crippen LogP contribution < -0.4 is 15.6 Å². The summed E-state index contributed by atoms with van der Waals surface area (Å²) in [7, 11) is 1.45. The minimum absolute atomic E-state index is 0.194. The van der Waals surface area contributed by atoms with E-state index in [-0.39, 0.29) is 25.3 Å². The average Bonchev–Trinajstić information content (AvgIpc) is 3.69. The number of anilines is 1. The number of nitrogens with one attached hydrogen (secondary N) is 2. The van der Waals surface area contributed by atoms with Gasteiger partial charge in [0.1, 0.15) is 29.9 Å². The largest absolute Gasteiger partial charge is 0.456 e. The zero-order chi connectivity index (χ0) is 27.7. The molecule has 208 valence electrons. The maximum Gasteiger partial charge on any atom is 0.296 e. The van der Waals surface area contributed by atoms with Gasteiger partial charge in [0.2, 0.25) is 0 Å². The lowest BCUT2D eigenvalue weighted by molar-refractivity contribution is 0.00706. The van der Waals surface area contributed by atoms with Gasteiger partial charge in [-0.05, 0) is 42.2 Å². The Bertz CT molecular complexity index is 1680. The van der Waals surface area contributed by atoms with E-state index in [2.05, 4.69) is 20.3 Å². The zero-order valence-corrected chi connectivity index (χ0v) is 21.9. The molecule has 0 spiro atoms. The van der Waals surface area contributed by atoms with Crippen molar-refractivity contribution in [3.8, 4) is 17.1 Å². The first-order valence-corrected chi connectivity index (χ1v) is 13.2. The maximum atomic E-state index is 15.4. The molecule has 40 heavy (non-hydrogen) atoms. The number of aromatic nitrogens is 4. The fraction of sp³-hybridized carbons (Fsp3) is 0.370. The van der Waals surface area contributed by atoms with Crippen molar-refractivity contribution in [1.29, 1.82) is 0 Å². The van der Waals surface area contributed by atoms with Gasteiger partial charge in [-0.3, -0.25) is 4.79 Å². The van der Waals surface area contributed by atoms with Crippen LogP contribution in [0.15, 0.2) is 35.3 Å². The van der Waals surface area contributed by atoms with Gasteiger partial charge in [0.25, 0.3) is 11.6 Å². The van der Waals surface area contributed by atoms with Crippen LogP contribution in [-0.2, 0) is 22.9 Å². The van der Waals surface area contributed by atoms with Crippen molar-refractivity contribution in [2.45, 2.75) is 43.3 Å². The third-order valence-corrected chi connectivity index (χ3v) is 7.99. The molecule has 1 aromatic carbocycles. The molecule has 13 heteroatoms. The number of benzene rings is 1. The molecule has 1 aliphatic carbocycles. The highest BCUT2D eigenvalue weighted by molar-refractivity contribution is 6.33. The summed E-state index contributed by atoms with van der Waals surface area (Å²) in [4.78, 5) is 23.7. The van der Waals surface area contributed by atoms with Crippen LogP contribution in [0.1, 0.15) is 23.6 Å². The quantitative estimate of drug-likeness (QED) is 0.334. The second-order valence-electron chi connectivity index (χ2n) is 10.3. The Labute approximate surface area is 230 Å². The number of aryl methyl sites for hydroxylation is 2. The Morgan fingerprint density at radius 2 is 1.93 bits per heavy atom. The highest BCUT2D eigenvalue weighted by Gasteiger charge is 2.48. The predicted molar refractivity (Wildman–Crippen MR) is 141 cm³/mol. The van der Waals surface area contributed by atoms with Gasteiger partial charge in [0.05, 0.1) is 29.8 Å². The summed E-state index contributed by atoms with van der Waals surface area (Å²) in [5.74, 6) is -0.990. The van der Waals surface area contributed by atoms with Gasteiger partial charge in [-0.15, -0.1) is 0 Å². The minimum Gasteiger partial charge on any atom is -0.456 e. The van der Waals surface area contributed by atoms with Crippen LogP contribution in [0.5, 0.6) is 6.01 Å². The Kier molecular flexibility index (Phi) is 6.04. The molecule has 0 unspecified atom stereocenters. The van der Waals surface area contributed by atoms with E-state index in [1.807, 2.05) is 6.07 Å². The van der Waals surface area contributed by atoms with E-state index in [0.717, 1.165) is 16.2 Å². The average molecular weight is 572 g/mol. The number of H-pyrrole nitrogens is 1. The number of hydrogen-bond acceptors (Lipinski definition) is 8. The number of ether oxygens (including phenoxy) is 3. The van der Waals surface area contributed by atoms with Crippen LogP contribution in [0, 0.1) is 11.6 Å². The lowest BCUT2D eigenvalue weighted by Gasteiger charge is -2.17. The SMILES string of the molecule is Cn1cc(-c2cc(F)c3c(c2)CC[C@@H]3Nc2nc3nc(O[C@@H]4CO[C@H]5[C@@H]4OC[C@H]5O)[nH]c3cc2Cl)cc(F)c1=O. The maximum absolute atomic E-state index is 15.4. The first-order chi connectivity index (χ1) is 19.2. The van der Waals surface area contributed by atoms with E-state index in [0.29, 0.717) is 51.5 Å². The summed E-state index contributed by atoms with van der Waals surface area (Å²) in [6.45, 7) is 0.454. The molecule has 2 saturated heterocycles. The minimum atomic E-state index is -0.894. The Morgan fingerprint density at radius 1 is 1.12 bits per heavy atom. The Morgan fingerprint density at radius 3 is 2.75 bits per heavy atom. The van der Waals surface area contributed by atoms with E-state index in [9.17, 15) is 14.3 Å². The summed E-state index contributed by atoms with van der Waals surface area (Å²) in [5, 5.41) is 13.5. The topological polar surface area (TPSA) is 124 Å². The van der Waals surface area contributed by atoms with Crippen LogP contribution in [0.2, 0.25) is 5.02 Å². The fourth-order valence-corrected chi connectivity index (χ4v) is 5.97. The number of aliphatic hydroxyl groups is 1. The molecule has 3 aromatic heterocycles. The zero-order valence-electron chi connectivity index (χ0n) is 21.2. The number of halogens is 3. The van der Waals surface area contributed by atoms with Crippen molar-refractivity contribution in [1.82, 2.24) is 19.5 Å². The third-order valence-electron chi connectivity index (χ3n) is 7.70. The van der Waals surface area contributed by atoms with Gasteiger partial charge < -0.3 is 34.2 Å². The summed E-state index contributed by atoms with van der Waals surface area (Å²) in [6.07, 6.45) is 0.745. The van der Waals surface area contributed by atoms with E-state index in [1.165, 1.54) is 19.3 Å². The second-order valence-corrected chi connectivity index (χ2v) is 10.7. The molecule has 4 aromatic rings. The van der Waals surface area contributed by atoms with Crippen LogP contribution in [0.3, 0.4) is 0 Å². The summed E-state index contributed by atoms with van der Waals surface area (Å²) >= 11 is 6.53. The van der Waals surface area contributed by atoms with E-state index in [1.54, 1.807) is 6.07 Å². The van der Waals surface area contributed by atoms with Crippen molar-refractivity contribution in [3.05, 3.63) is 68.6 Å².